The molecule has 0 aliphatic carbocycles. The molecular weight excluding hydrogens is 554 g/mol. The molecule has 41 heavy (non-hydrogen) atoms. The van der Waals surface area contributed by atoms with Crippen LogP contribution in [0.4, 0.5) is 8.78 Å². The number of para-hydroxylation sites is 1. The third-order valence-corrected chi connectivity index (χ3v) is 7.49. The molecule has 0 amide bonds. The normalized spacial score (nSPS) is 16.0. The Bertz CT molecular complexity index is 1850. The summed E-state index contributed by atoms with van der Waals surface area (Å²) in [7, 11) is 0. The highest BCUT2D eigenvalue weighted by Crippen LogP contribution is 2.40. The van der Waals surface area contributed by atoms with Crippen LogP contribution in [0.2, 0.25) is 0 Å². The number of ether oxygens (including phenoxy) is 4. The Hall–Kier alpha value is -4.77. The fraction of sp³-hybridized carbons (Fsp3) is 0.167. The van der Waals surface area contributed by atoms with E-state index in [2.05, 4.69) is 4.74 Å². The molecule has 0 fully saturated rings. The van der Waals surface area contributed by atoms with Crippen LogP contribution < -0.4 is 29.1 Å². The first-order chi connectivity index (χ1) is 19.9. The molecule has 3 aromatic carbocycles. The molecule has 2 aliphatic rings. The number of fused-ring (bicyclic) bond motifs is 2. The highest BCUT2D eigenvalue weighted by atomic mass is 32.1. The molecule has 208 valence electrons. The van der Waals surface area contributed by atoms with Gasteiger partial charge in [0.1, 0.15) is 5.75 Å². The molecule has 0 saturated carbocycles. The summed E-state index contributed by atoms with van der Waals surface area (Å²) in [6, 6.07) is 19.6. The van der Waals surface area contributed by atoms with E-state index in [4.69, 9.17) is 19.2 Å². The largest absolute Gasteiger partial charge is 0.463 e. The fourth-order valence-corrected chi connectivity index (χ4v) is 5.78. The van der Waals surface area contributed by atoms with Gasteiger partial charge in [-0.25, -0.2) is 9.79 Å². The minimum absolute atomic E-state index is 0.0531. The fourth-order valence-electron chi connectivity index (χ4n) is 4.78. The van der Waals surface area contributed by atoms with Crippen molar-refractivity contribution in [2.24, 2.45) is 4.99 Å². The second kappa shape index (κ2) is 11.0. The SMILES string of the molecule is CCOC(=O)C1=C(c2ccccc2)N=c2s/c(=C/c3ccccc3OC(F)F)c(=O)n2[C@@H]1c1ccc2c(c1)OCO2. The topological polar surface area (TPSA) is 88.4 Å². The maximum absolute atomic E-state index is 14.0. The van der Waals surface area contributed by atoms with Crippen LogP contribution in [0.15, 0.2) is 88.2 Å². The summed E-state index contributed by atoms with van der Waals surface area (Å²) < 4.78 is 48.9. The predicted molar refractivity (Wildman–Crippen MR) is 147 cm³/mol. The average molecular weight is 577 g/mol. The number of carbonyl (C=O) groups is 1. The molecule has 0 saturated heterocycles. The molecule has 1 aromatic heterocycles. The maximum Gasteiger partial charge on any atom is 0.387 e. The number of hydrogen-bond acceptors (Lipinski definition) is 8. The van der Waals surface area contributed by atoms with Crippen molar-refractivity contribution >= 4 is 29.1 Å². The molecule has 0 N–H and O–H groups in total. The van der Waals surface area contributed by atoms with Gasteiger partial charge in [0.15, 0.2) is 16.3 Å². The predicted octanol–water partition coefficient (Wildman–Crippen LogP) is 4.27. The molecule has 0 unspecified atom stereocenters. The summed E-state index contributed by atoms with van der Waals surface area (Å²) in [5, 5.41) is 0. The molecule has 2 aliphatic heterocycles. The van der Waals surface area contributed by atoms with E-state index in [1.807, 2.05) is 30.3 Å². The molecule has 1 atom stereocenters. The quantitative estimate of drug-likeness (QED) is 0.306. The second-order valence-electron chi connectivity index (χ2n) is 8.96. The number of carbonyl (C=O) groups excluding carboxylic acids is 1. The van der Waals surface area contributed by atoms with Gasteiger partial charge in [0.25, 0.3) is 5.56 Å². The zero-order chi connectivity index (χ0) is 28.5. The van der Waals surface area contributed by atoms with Crippen LogP contribution in [0.25, 0.3) is 11.8 Å². The van der Waals surface area contributed by atoms with Crippen LogP contribution in [0.3, 0.4) is 0 Å². The van der Waals surface area contributed by atoms with Gasteiger partial charge < -0.3 is 18.9 Å². The van der Waals surface area contributed by atoms with E-state index in [1.54, 1.807) is 43.3 Å². The number of halogens is 2. The molecular formula is C30H22F2N2O6S. The van der Waals surface area contributed by atoms with Gasteiger partial charge in [0.05, 0.1) is 28.5 Å². The van der Waals surface area contributed by atoms with Crippen LogP contribution in [0.5, 0.6) is 17.2 Å². The van der Waals surface area contributed by atoms with E-state index in [0.717, 1.165) is 11.3 Å². The zero-order valence-electron chi connectivity index (χ0n) is 21.6. The van der Waals surface area contributed by atoms with Gasteiger partial charge in [0.2, 0.25) is 6.79 Å². The third kappa shape index (κ3) is 5.00. The van der Waals surface area contributed by atoms with Crippen molar-refractivity contribution in [3.05, 3.63) is 115 Å². The molecule has 4 aromatic rings. The highest BCUT2D eigenvalue weighted by molar-refractivity contribution is 7.07. The minimum Gasteiger partial charge on any atom is -0.463 e. The molecule has 8 nitrogen and oxygen atoms in total. The second-order valence-corrected chi connectivity index (χ2v) is 9.97. The average Bonchev–Trinajstić information content (AvgIpc) is 3.57. The lowest BCUT2D eigenvalue weighted by Gasteiger charge is -2.26. The zero-order valence-corrected chi connectivity index (χ0v) is 22.4. The molecule has 11 heteroatoms. The standard InChI is InChI=1S/C30H22F2N2O6S/c1-2-37-28(36)24-25(17-8-4-3-5-9-17)33-30-34(26(24)19-12-13-21-22(14-19)39-16-38-21)27(35)23(41-30)15-18-10-6-7-11-20(18)40-29(31)32/h3-15,26,29H,2,16H2,1H3/b23-15+/t26-/m1/s1. The number of aromatic nitrogens is 1. The molecule has 0 spiro atoms. The van der Waals surface area contributed by atoms with E-state index < -0.39 is 24.2 Å². The van der Waals surface area contributed by atoms with Crippen LogP contribution >= 0.6 is 11.3 Å². The van der Waals surface area contributed by atoms with Crippen molar-refractivity contribution in [3.63, 3.8) is 0 Å². The monoisotopic (exact) mass is 576 g/mol. The van der Waals surface area contributed by atoms with E-state index >= 15 is 0 Å². The van der Waals surface area contributed by atoms with E-state index in [0.29, 0.717) is 38.7 Å². The Morgan fingerprint density at radius 1 is 1.10 bits per heavy atom. The van der Waals surface area contributed by atoms with Crippen molar-refractivity contribution in [2.45, 2.75) is 19.6 Å². The Balaban J connectivity index is 1.63. The number of nitrogens with zero attached hydrogens (tertiary/aromatic N) is 2. The summed E-state index contributed by atoms with van der Waals surface area (Å²) in [5.41, 5.74) is 1.62. The lowest BCUT2D eigenvalue weighted by Crippen LogP contribution is -2.40. The Kier molecular flexibility index (Phi) is 7.10. The van der Waals surface area contributed by atoms with Crippen molar-refractivity contribution < 1.29 is 32.5 Å². The van der Waals surface area contributed by atoms with Gasteiger partial charge in [-0.1, -0.05) is 65.9 Å². The van der Waals surface area contributed by atoms with Gasteiger partial charge in [0, 0.05) is 11.1 Å². The van der Waals surface area contributed by atoms with E-state index in [-0.39, 0.29) is 29.3 Å². The van der Waals surface area contributed by atoms with Crippen LogP contribution in [0, 0.1) is 0 Å². The number of esters is 1. The molecule has 3 heterocycles. The van der Waals surface area contributed by atoms with Crippen LogP contribution in [-0.2, 0) is 9.53 Å². The molecule has 6 rings (SSSR count). The van der Waals surface area contributed by atoms with Crippen LogP contribution in [0.1, 0.15) is 29.7 Å². The lowest BCUT2D eigenvalue weighted by atomic mass is 9.93. The third-order valence-electron chi connectivity index (χ3n) is 6.51. The van der Waals surface area contributed by atoms with Crippen molar-refractivity contribution in [2.75, 3.05) is 13.4 Å². The van der Waals surface area contributed by atoms with Crippen LogP contribution in [-0.4, -0.2) is 30.5 Å². The number of alkyl halides is 2. The summed E-state index contributed by atoms with van der Waals surface area (Å²) in [5.74, 6) is 0.325. The number of benzene rings is 3. The Morgan fingerprint density at radius 2 is 1.85 bits per heavy atom. The number of hydrogen-bond donors (Lipinski definition) is 0. The maximum atomic E-state index is 14.0. The minimum atomic E-state index is -3.03. The lowest BCUT2D eigenvalue weighted by molar-refractivity contribution is -0.138. The van der Waals surface area contributed by atoms with Crippen molar-refractivity contribution in [1.82, 2.24) is 4.57 Å². The first-order valence-corrected chi connectivity index (χ1v) is 13.5. The smallest absolute Gasteiger partial charge is 0.387 e. The Morgan fingerprint density at radius 3 is 2.63 bits per heavy atom. The summed E-state index contributed by atoms with van der Waals surface area (Å²) >= 11 is 1.08. The first kappa shape index (κ1) is 26.5. The molecule has 0 bridgehead atoms. The van der Waals surface area contributed by atoms with Gasteiger partial charge in [-0.3, -0.25) is 9.36 Å². The van der Waals surface area contributed by atoms with Crippen molar-refractivity contribution in [3.8, 4) is 17.2 Å². The van der Waals surface area contributed by atoms with Gasteiger partial charge in [-0.2, -0.15) is 8.78 Å². The van der Waals surface area contributed by atoms with Gasteiger partial charge in [-0.05, 0) is 36.8 Å². The number of rotatable bonds is 7. The van der Waals surface area contributed by atoms with E-state index in [1.165, 1.54) is 16.7 Å². The highest BCUT2D eigenvalue weighted by Gasteiger charge is 2.36. The van der Waals surface area contributed by atoms with Gasteiger partial charge in [-0.15, -0.1) is 0 Å². The summed E-state index contributed by atoms with van der Waals surface area (Å²) in [6.07, 6.45) is 1.48. The molecule has 0 radical (unpaired) electrons. The van der Waals surface area contributed by atoms with Crippen molar-refractivity contribution in [1.29, 1.82) is 0 Å². The summed E-state index contributed by atoms with van der Waals surface area (Å²) in [6.45, 7) is -1.16. The summed E-state index contributed by atoms with van der Waals surface area (Å²) in [4.78, 5) is 32.7. The number of thiazole rings is 1. The van der Waals surface area contributed by atoms with E-state index in [9.17, 15) is 18.4 Å². The van der Waals surface area contributed by atoms with Gasteiger partial charge >= 0.3 is 12.6 Å². The Labute approximate surface area is 236 Å². The first-order valence-electron chi connectivity index (χ1n) is 12.7.